The lowest BCUT2D eigenvalue weighted by molar-refractivity contribution is 0.0628. The highest BCUT2D eigenvalue weighted by molar-refractivity contribution is 9.10. The van der Waals surface area contributed by atoms with Gasteiger partial charge >= 0.3 is 0 Å². The smallest absolute Gasteiger partial charge is 0.275 e. The van der Waals surface area contributed by atoms with Crippen LogP contribution in [0, 0.1) is 0 Å². The van der Waals surface area contributed by atoms with E-state index < -0.39 is 0 Å². The van der Waals surface area contributed by atoms with Crippen LogP contribution in [-0.2, 0) is 7.05 Å². The van der Waals surface area contributed by atoms with Crippen LogP contribution >= 0.6 is 15.9 Å². The van der Waals surface area contributed by atoms with E-state index in [0.29, 0.717) is 11.7 Å². The Labute approximate surface area is 104 Å². The van der Waals surface area contributed by atoms with Crippen molar-refractivity contribution in [1.82, 2.24) is 14.7 Å². The highest BCUT2D eigenvalue weighted by atomic mass is 79.9. The largest absolute Gasteiger partial charge is 0.335 e. The molecule has 1 aromatic heterocycles. The molecule has 2 rings (SSSR count). The van der Waals surface area contributed by atoms with E-state index in [1.54, 1.807) is 4.68 Å². The molecule has 1 aliphatic rings. The summed E-state index contributed by atoms with van der Waals surface area (Å²) in [5.41, 5.74) is 0.524. The van der Waals surface area contributed by atoms with E-state index in [1.807, 2.05) is 18.1 Å². The number of hydrogen-bond acceptors (Lipinski definition) is 2. The van der Waals surface area contributed by atoms with Crippen LogP contribution in [0.1, 0.15) is 36.7 Å². The number of aryl methyl sites for hydroxylation is 1. The summed E-state index contributed by atoms with van der Waals surface area (Å²) in [7, 11) is 1.82. The summed E-state index contributed by atoms with van der Waals surface area (Å²) in [6, 6.07) is 0.329. The Bertz CT molecular complexity index is 402. The van der Waals surface area contributed by atoms with Gasteiger partial charge in [-0.05, 0) is 42.1 Å². The van der Waals surface area contributed by atoms with Gasteiger partial charge in [0.1, 0.15) is 0 Å². The van der Waals surface area contributed by atoms with Gasteiger partial charge in [0.25, 0.3) is 5.91 Å². The lowest BCUT2D eigenvalue weighted by Crippen LogP contribution is -2.42. The maximum absolute atomic E-state index is 12.3. The maximum atomic E-state index is 12.3. The molecule has 1 fully saturated rings. The second-order valence-electron chi connectivity index (χ2n) is 4.34. The average Bonchev–Trinajstić information content (AvgIpc) is 2.58. The fraction of sp³-hybridized carbons (Fsp3) is 0.636. The number of amides is 1. The van der Waals surface area contributed by atoms with Crippen molar-refractivity contribution in [3.8, 4) is 0 Å². The molecular weight excluding hydrogens is 270 g/mol. The highest BCUT2D eigenvalue weighted by Crippen LogP contribution is 2.22. The molecule has 0 aromatic carbocycles. The van der Waals surface area contributed by atoms with E-state index in [-0.39, 0.29) is 5.91 Å². The maximum Gasteiger partial charge on any atom is 0.275 e. The number of carbonyl (C=O) groups is 1. The summed E-state index contributed by atoms with van der Waals surface area (Å²) in [5.74, 6) is 0.0414. The number of halogens is 1. The third kappa shape index (κ3) is 2.14. The summed E-state index contributed by atoms with van der Waals surface area (Å²) in [6.45, 7) is 2.96. The van der Waals surface area contributed by atoms with Crippen molar-refractivity contribution in [2.45, 2.75) is 32.2 Å². The lowest BCUT2D eigenvalue weighted by atomic mass is 10.0. The van der Waals surface area contributed by atoms with Crippen molar-refractivity contribution in [3.63, 3.8) is 0 Å². The van der Waals surface area contributed by atoms with Crippen LogP contribution in [0.2, 0.25) is 0 Å². The van der Waals surface area contributed by atoms with E-state index in [4.69, 9.17) is 0 Å². The fourth-order valence-electron chi connectivity index (χ4n) is 2.14. The first-order valence-corrected chi connectivity index (χ1v) is 6.39. The predicted octanol–water partition coefficient (Wildman–Crippen LogP) is 2.20. The first-order valence-electron chi connectivity index (χ1n) is 5.59. The van der Waals surface area contributed by atoms with Gasteiger partial charge in [-0.25, -0.2) is 0 Å². The van der Waals surface area contributed by atoms with Crippen molar-refractivity contribution in [2.75, 3.05) is 6.54 Å². The molecule has 5 heteroatoms. The number of carbonyl (C=O) groups excluding carboxylic acids is 1. The summed E-state index contributed by atoms with van der Waals surface area (Å²) in [4.78, 5) is 14.2. The van der Waals surface area contributed by atoms with Crippen LogP contribution in [0.4, 0.5) is 0 Å². The monoisotopic (exact) mass is 285 g/mol. The number of rotatable bonds is 1. The Kier molecular flexibility index (Phi) is 3.33. The Hall–Kier alpha value is -0.840. The molecule has 0 spiro atoms. The molecule has 0 aliphatic carbocycles. The minimum atomic E-state index is 0.0414. The summed E-state index contributed by atoms with van der Waals surface area (Å²) in [5, 5.41) is 4.20. The molecule has 1 aromatic rings. The normalized spacial score (nSPS) is 21.2. The number of aromatic nitrogens is 2. The van der Waals surface area contributed by atoms with Crippen LogP contribution in [-0.4, -0.2) is 33.2 Å². The molecule has 0 saturated carbocycles. The minimum Gasteiger partial charge on any atom is -0.335 e. The minimum absolute atomic E-state index is 0.0414. The van der Waals surface area contributed by atoms with Crippen LogP contribution in [0.15, 0.2) is 10.7 Å². The van der Waals surface area contributed by atoms with Gasteiger partial charge in [-0.15, -0.1) is 0 Å². The molecule has 0 bridgehead atoms. The molecule has 1 saturated heterocycles. The van der Waals surface area contributed by atoms with E-state index >= 15 is 0 Å². The van der Waals surface area contributed by atoms with Gasteiger partial charge in [-0.2, -0.15) is 5.10 Å². The van der Waals surface area contributed by atoms with Crippen molar-refractivity contribution in [3.05, 3.63) is 16.4 Å². The van der Waals surface area contributed by atoms with Crippen LogP contribution in [0.25, 0.3) is 0 Å². The molecule has 16 heavy (non-hydrogen) atoms. The van der Waals surface area contributed by atoms with Crippen LogP contribution < -0.4 is 0 Å². The molecule has 1 aliphatic heterocycles. The van der Waals surface area contributed by atoms with E-state index in [2.05, 4.69) is 28.0 Å². The summed E-state index contributed by atoms with van der Waals surface area (Å²) >= 11 is 3.37. The second kappa shape index (κ2) is 4.57. The number of hydrogen-bond donors (Lipinski definition) is 0. The molecule has 0 radical (unpaired) electrons. The number of likely N-dealkylation sites (tertiary alicyclic amines) is 1. The van der Waals surface area contributed by atoms with E-state index in [1.165, 1.54) is 6.42 Å². The zero-order chi connectivity index (χ0) is 11.7. The van der Waals surface area contributed by atoms with E-state index in [9.17, 15) is 4.79 Å². The van der Waals surface area contributed by atoms with Crippen molar-refractivity contribution in [2.24, 2.45) is 7.05 Å². The van der Waals surface area contributed by atoms with Gasteiger partial charge in [0, 0.05) is 25.8 Å². The molecule has 88 valence electrons. The Morgan fingerprint density at radius 2 is 2.31 bits per heavy atom. The molecule has 1 amide bonds. The molecule has 4 nitrogen and oxygen atoms in total. The molecular formula is C11H16BrN3O. The second-order valence-corrected chi connectivity index (χ2v) is 5.20. The Morgan fingerprint density at radius 3 is 2.88 bits per heavy atom. The van der Waals surface area contributed by atoms with Crippen molar-refractivity contribution < 1.29 is 4.79 Å². The highest BCUT2D eigenvalue weighted by Gasteiger charge is 2.27. The van der Waals surface area contributed by atoms with Crippen LogP contribution in [0.3, 0.4) is 0 Å². The Balaban J connectivity index is 2.21. The third-order valence-corrected chi connectivity index (χ3v) is 3.63. The molecule has 1 atom stereocenters. The lowest BCUT2D eigenvalue weighted by Gasteiger charge is -2.32. The van der Waals surface area contributed by atoms with Gasteiger partial charge < -0.3 is 4.90 Å². The van der Waals surface area contributed by atoms with Gasteiger partial charge in [-0.1, -0.05) is 0 Å². The molecule has 0 unspecified atom stereocenters. The van der Waals surface area contributed by atoms with Gasteiger partial charge in [0.2, 0.25) is 0 Å². The first-order chi connectivity index (χ1) is 7.59. The Morgan fingerprint density at radius 1 is 1.56 bits per heavy atom. The van der Waals surface area contributed by atoms with Crippen molar-refractivity contribution in [1.29, 1.82) is 0 Å². The van der Waals surface area contributed by atoms with Gasteiger partial charge in [0.05, 0.1) is 4.47 Å². The molecule has 0 N–H and O–H groups in total. The van der Waals surface area contributed by atoms with Gasteiger partial charge in [-0.3, -0.25) is 9.48 Å². The third-order valence-electron chi connectivity index (χ3n) is 3.05. The van der Waals surface area contributed by atoms with E-state index in [0.717, 1.165) is 23.9 Å². The zero-order valence-corrected chi connectivity index (χ0v) is 11.2. The molecule has 2 heterocycles. The van der Waals surface area contributed by atoms with Crippen molar-refractivity contribution >= 4 is 21.8 Å². The SMILES string of the molecule is C[C@@H]1CCCCN1C(=O)c1nn(C)cc1Br. The first kappa shape index (κ1) is 11.6. The topological polar surface area (TPSA) is 38.1 Å². The zero-order valence-electron chi connectivity index (χ0n) is 9.61. The predicted molar refractivity (Wildman–Crippen MR) is 65.3 cm³/mol. The summed E-state index contributed by atoms with van der Waals surface area (Å²) < 4.78 is 2.43. The quantitative estimate of drug-likeness (QED) is 0.793. The van der Waals surface area contributed by atoms with Crippen LogP contribution in [0.5, 0.6) is 0 Å². The standard InChI is InChI=1S/C11H16BrN3O/c1-8-5-3-4-6-15(8)11(16)10-9(12)7-14(2)13-10/h7-8H,3-6H2,1-2H3/t8-/m1/s1. The average molecular weight is 286 g/mol. The van der Waals surface area contributed by atoms with Gasteiger partial charge in [0.15, 0.2) is 5.69 Å². The number of nitrogens with zero attached hydrogens (tertiary/aromatic N) is 3. The number of piperidine rings is 1. The summed E-state index contributed by atoms with van der Waals surface area (Å²) in [6.07, 6.45) is 5.22. The fourth-order valence-corrected chi connectivity index (χ4v) is 2.69.